The van der Waals surface area contributed by atoms with E-state index in [0.29, 0.717) is 10.6 Å². The number of carbonyl (C=O) groups is 3. The van der Waals surface area contributed by atoms with Crippen LogP contribution in [0.3, 0.4) is 0 Å². The summed E-state index contributed by atoms with van der Waals surface area (Å²) in [5.41, 5.74) is 4.48. The van der Waals surface area contributed by atoms with Crippen molar-refractivity contribution >= 4 is 28.9 Å². The number of ketones is 1. The number of hydrazine groups is 1. The van der Waals surface area contributed by atoms with Gasteiger partial charge in [-0.3, -0.25) is 25.2 Å². The number of halogens is 1. The van der Waals surface area contributed by atoms with Gasteiger partial charge < -0.3 is 4.74 Å². The molecule has 0 bridgehead atoms. The monoisotopic (exact) mass is 378 g/mol. The molecule has 1 atom stereocenters. The zero-order valence-electron chi connectivity index (χ0n) is 14.4. The second-order valence-corrected chi connectivity index (χ2v) is 6.87. The van der Waals surface area contributed by atoms with Crippen LogP contribution in [0.2, 0.25) is 0 Å². The molecule has 2 N–H and O–H groups in total. The molecule has 0 aliphatic carbocycles. The Bertz CT molecular complexity index is 789. The molecule has 1 aromatic heterocycles. The van der Waals surface area contributed by atoms with Gasteiger partial charge in [0.2, 0.25) is 5.91 Å². The largest absolute Gasteiger partial charge is 0.481 e. The summed E-state index contributed by atoms with van der Waals surface area (Å²) in [6.45, 7) is 3.40. The molecule has 0 radical (unpaired) electrons. The molecule has 26 heavy (non-hydrogen) atoms. The molecular formula is C18H19FN2O4S. The molecule has 2 amide bonds. The number of hydrogen-bond donors (Lipinski definition) is 2. The lowest BCUT2D eigenvalue weighted by Crippen LogP contribution is -2.47. The highest BCUT2D eigenvalue weighted by Crippen LogP contribution is 2.17. The van der Waals surface area contributed by atoms with E-state index in [0.717, 1.165) is 4.88 Å². The minimum absolute atomic E-state index is 0.0384. The highest BCUT2D eigenvalue weighted by Gasteiger charge is 2.16. The van der Waals surface area contributed by atoms with Crippen molar-refractivity contribution in [2.24, 2.45) is 0 Å². The van der Waals surface area contributed by atoms with Crippen LogP contribution in [0.25, 0.3) is 0 Å². The van der Waals surface area contributed by atoms with E-state index in [4.69, 9.17) is 4.74 Å². The van der Waals surface area contributed by atoms with Gasteiger partial charge in [0.1, 0.15) is 11.6 Å². The third-order valence-electron chi connectivity index (χ3n) is 3.42. The molecule has 1 heterocycles. The smallest absolute Gasteiger partial charge is 0.279 e. The van der Waals surface area contributed by atoms with Crippen LogP contribution in [0.5, 0.6) is 5.75 Å². The van der Waals surface area contributed by atoms with Gasteiger partial charge in [-0.15, -0.1) is 11.3 Å². The number of hydrogen-bond acceptors (Lipinski definition) is 5. The Balaban J connectivity index is 1.71. The maximum absolute atomic E-state index is 12.8. The van der Waals surface area contributed by atoms with Gasteiger partial charge in [0.25, 0.3) is 5.91 Å². The molecule has 138 valence electrons. The minimum Gasteiger partial charge on any atom is -0.481 e. The second kappa shape index (κ2) is 9.10. The maximum Gasteiger partial charge on any atom is 0.279 e. The Hall–Kier alpha value is -2.74. The van der Waals surface area contributed by atoms with Crippen LogP contribution in [-0.2, 0) is 9.59 Å². The Morgan fingerprint density at radius 2 is 1.77 bits per heavy atom. The third-order valence-corrected chi connectivity index (χ3v) is 4.46. The zero-order chi connectivity index (χ0) is 19.1. The quantitative estimate of drug-likeness (QED) is 0.573. The van der Waals surface area contributed by atoms with E-state index in [-0.39, 0.29) is 18.6 Å². The van der Waals surface area contributed by atoms with E-state index in [1.165, 1.54) is 42.5 Å². The molecule has 2 aromatic rings. The number of nitrogens with one attached hydrogen (secondary N) is 2. The minimum atomic E-state index is -0.892. The molecule has 6 nitrogen and oxygen atoms in total. The van der Waals surface area contributed by atoms with Crippen molar-refractivity contribution in [1.82, 2.24) is 10.9 Å². The van der Waals surface area contributed by atoms with Crippen LogP contribution in [0.1, 0.15) is 34.3 Å². The highest BCUT2D eigenvalue weighted by atomic mass is 32.1. The molecule has 0 fully saturated rings. The van der Waals surface area contributed by atoms with E-state index in [1.807, 2.05) is 13.0 Å². The summed E-state index contributed by atoms with van der Waals surface area (Å²) in [7, 11) is 0. The first-order valence-corrected chi connectivity index (χ1v) is 8.77. The van der Waals surface area contributed by atoms with E-state index >= 15 is 0 Å². The van der Waals surface area contributed by atoms with Crippen molar-refractivity contribution in [2.75, 3.05) is 0 Å². The van der Waals surface area contributed by atoms with Crippen molar-refractivity contribution in [3.8, 4) is 5.75 Å². The summed E-state index contributed by atoms with van der Waals surface area (Å²) in [6.07, 6.45) is -0.872. The normalized spacial score (nSPS) is 11.5. The molecule has 2 rings (SSSR count). The first-order chi connectivity index (χ1) is 12.3. The van der Waals surface area contributed by atoms with Gasteiger partial charge in [0.15, 0.2) is 11.9 Å². The average Bonchev–Trinajstić information content (AvgIpc) is 3.06. The zero-order valence-corrected chi connectivity index (χ0v) is 15.2. The summed E-state index contributed by atoms with van der Waals surface area (Å²) in [4.78, 5) is 37.2. The predicted octanol–water partition coefficient (Wildman–Crippen LogP) is 2.77. The van der Waals surface area contributed by atoms with E-state index < -0.39 is 23.7 Å². The topological polar surface area (TPSA) is 84.5 Å². The van der Waals surface area contributed by atoms with Crippen LogP contribution in [-0.4, -0.2) is 23.7 Å². The van der Waals surface area contributed by atoms with Gasteiger partial charge in [0.05, 0.1) is 4.88 Å². The molecule has 8 heteroatoms. The van der Waals surface area contributed by atoms with Crippen molar-refractivity contribution < 1.29 is 23.5 Å². The third kappa shape index (κ3) is 5.96. The number of Topliss-reactive ketones (excluding diaryl/α,β-unsaturated/α-hetero) is 1. The van der Waals surface area contributed by atoms with E-state index in [9.17, 15) is 18.8 Å². The van der Waals surface area contributed by atoms with Crippen LogP contribution in [0.4, 0.5) is 4.39 Å². The molecule has 0 aliphatic heterocycles. The fraction of sp³-hybridized carbons (Fsp3) is 0.278. The van der Waals surface area contributed by atoms with Gasteiger partial charge in [0, 0.05) is 17.7 Å². The Kier molecular flexibility index (Phi) is 6.85. The van der Waals surface area contributed by atoms with Gasteiger partial charge in [-0.2, -0.15) is 0 Å². The lowest BCUT2D eigenvalue weighted by Gasteiger charge is -2.15. The summed E-state index contributed by atoms with van der Waals surface area (Å²) >= 11 is 1.38. The fourth-order valence-electron chi connectivity index (χ4n) is 2.00. The average molecular weight is 378 g/mol. The maximum atomic E-state index is 12.8. The first kappa shape index (κ1) is 19.6. The number of thiophene rings is 1. The number of rotatable bonds is 7. The van der Waals surface area contributed by atoms with E-state index in [2.05, 4.69) is 10.9 Å². The molecule has 0 saturated heterocycles. The summed E-state index contributed by atoms with van der Waals surface area (Å²) in [6, 6.07) is 8.81. The van der Waals surface area contributed by atoms with Gasteiger partial charge in [-0.25, -0.2) is 4.39 Å². The SMILES string of the molecule is Cc1ccc(C(=O)CCC(=O)NNC(=O)C(C)Oc2ccc(F)cc2)s1. The lowest BCUT2D eigenvalue weighted by molar-refractivity contribution is -0.132. The number of ether oxygens (including phenoxy) is 1. The lowest BCUT2D eigenvalue weighted by atomic mass is 10.2. The first-order valence-electron chi connectivity index (χ1n) is 7.95. The van der Waals surface area contributed by atoms with Crippen molar-refractivity contribution in [3.63, 3.8) is 0 Å². The van der Waals surface area contributed by atoms with Crippen LogP contribution in [0.15, 0.2) is 36.4 Å². The summed E-state index contributed by atoms with van der Waals surface area (Å²) < 4.78 is 18.2. The molecule has 0 saturated carbocycles. The second-order valence-electron chi connectivity index (χ2n) is 5.58. The molecular weight excluding hydrogens is 359 g/mol. The number of aryl methyl sites for hydroxylation is 1. The Morgan fingerprint density at radius 3 is 2.38 bits per heavy atom. The molecule has 1 aromatic carbocycles. The standard InChI is InChI=1S/C18H19FN2O4S/c1-11-3-9-16(26-11)15(22)8-10-17(23)20-21-18(24)12(2)25-14-6-4-13(19)5-7-14/h3-7,9,12H,8,10H2,1-2H3,(H,20,23)(H,21,24). The van der Waals surface area contributed by atoms with Crippen molar-refractivity contribution in [3.05, 3.63) is 52.0 Å². The Morgan fingerprint density at radius 1 is 1.08 bits per heavy atom. The van der Waals surface area contributed by atoms with Gasteiger partial charge in [-0.05, 0) is 50.2 Å². The fourth-order valence-corrected chi connectivity index (χ4v) is 2.84. The molecule has 1 unspecified atom stereocenters. The summed E-state index contributed by atoms with van der Waals surface area (Å²) in [5, 5.41) is 0. The van der Waals surface area contributed by atoms with Crippen molar-refractivity contribution in [2.45, 2.75) is 32.8 Å². The Labute approximate surface area is 154 Å². The van der Waals surface area contributed by atoms with E-state index in [1.54, 1.807) is 6.07 Å². The van der Waals surface area contributed by atoms with Gasteiger partial charge >= 0.3 is 0 Å². The molecule has 0 spiro atoms. The van der Waals surface area contributed by atoms with Crippen LogP contribution in [0, 0.1) is 12.7 Å². The van der Waals surface area contributed by atoms with Crippen molar-refractivity contribution in [1.29, 1.82) is 0 Å². The summed E-state index contributed by atoms with van der Waals surface area (Å²) in [5.74, 6) is -1.24. The number of benzene rings is 1. The van der Waals surface area contributed by atoms with Gasteiger partial charge in [-0.1, -0.05) is 0 Å². The molecule has 0 aliphatic rings. The predicted molar refractivity (Wildman–Crippen MR) is 95.4 cm³/mol. The number of carbonyl (C=O) groups excluding carboxylic acids is 3. The van der Waals surface area contributed by atoms with Crippen LogP contribution >= 0.6 is 11.3 Å². The van der Waals surface area contributed by atoms with Crippen LogP contribution < -0.4 is 15.6 Å². The highest BCUT2D eigenvalue weighted by molar-refractivity contribution is 7.14. The number of amides is 2.